The van der Waals surface area contributed by atoms with E-state index in [-0.39, 0.29) is 5.78 Å². The van der Waals surface area contributed by atoms with Gasteiger partial charge in [-0.2, -0.15) is 0 Å². The van der Waals surface area contributed by atoms with Crippen LogP contribution in [0.15, 0.2) is 17.5 Å². The van der Waals surface area contributed by atoms with Crippen LogP contribution in [0.1, 0.15) is 49.1 Å². The van der Waals surface area contributed by atoms with Crippen molar-refractivity contribution in [2.24, 2.45) is 5.92 Å². The molecule has 15 heavy (non-hydrogen) atoms. The average molecular weight is 223 g/mol. The van der Waals surface area contributed by atoms with Crippen LogP contribution in [0.5, 0.6) is 0 Å². The third-order valence-corrected chi connectivity index (χ3v) is 2.83. The SMILES string of the molecule is CC(C)/C=C/C(=O)c1nc(C(C)C)cs1. The molecule has 0 amide bonds. The van der Waals surface area contributed by atoms with Crippen LogP contribution in [0.25, 0.3) is 0 Å². The van der Waals surface area contributed by atoms with Crippen molar-refractivity contribution in [1.29, 1.82) is 0 Å². The zero-order chi connectivity index (χ0) is 11.4. The summed E-state index contributed by atoms with van der Waals surface area (Å²) in [5.74, 6) is 0.802. The molecule has 0 spiro atoms. The second kappa shape index (κ2) is 5.21. The maximum Gasteiger partial charge on any atom is 0.214 e. The van der Waals surface area contributed by atoms with Gasteiger partial charge >= 0.3 is 0 Å². The molecule has 1 heterocycles. The van der Waals surface area contributed by atoms with Gasteiger partial charge in [-0.15, -0.1) is 11.3 Å². The standard InChI is InChI=1S/C12H17NOS/c1-8(2)5-6-11(14)12-13-10(7-15-12)9(3)4/h5-9H,1-4H3/b6-5+. The van der Waals surface area contributed by atoms with Gasteiger partial charge in [0.15, 0.2) is 5.01 Å². The predicted octanol–water partition coefficient (Wildman–Crippen LogP) is 3.66. The predicted molar refractivity (Wildman–Crippen MR) is 64.5 cm³/mol. The fourth-order valence-electron chi connectivity index (χ4n) is 1.02. The summed E-state index contributed by atoms with van der Waals surface area (Å²) in [5, 5.41) is 2.55. The maximum absolute atomic E-state index is 11.6. The molecule has 3 heteroatoms. The summed E-state index contributed by atoms with van der Waals surface area (Å²) < 4.78 is 0. The Bertz CT molecular complexity index is 363. The minimum atomic E-state index is 0.0144. The van der Waals surface area contributed by atoms with Gasteiger partial charge in [0.2, 0.25) is 5.78 Å². The van der Waals surface area contributed by atoms with Crippen molar-refractivity contribution in [3.63, 3.8) is 0 Å². The van der Waals surface area contributed by atoms with Crippen molar-refractivity contribution in [3.8, 4) is 0 Å². The lowest BCUT2D eigenvalue weighted by Gasteiger charge is -1.96. The molecule has 0 aromatic carbocycles. The van der Waals surface area contributed by atoms with E-state index in [0.29, 0.717) is 16.8 Å². The molecule has 1 rings (SSSR count). The zero-order valence-electron chi connectivity index (χ0n) is 9.65. The van der Waals surface area contributed by atoms with Crippen LogP contribution in [-0.2, 0) is 0 Å². The summed E-state index contributed by atoms with van der Waals surface area (Å²) in [6.45, 7) is 8.25. The molecule has 0 saturated carbocycles. The smallest absolute Gasteiger partial charge is 0.214 e. The Labute approximate surface area is 95.0 Å². The number of carbonyl (C=O) groups excluding carboxylic acids is 1. The fraction of sp³-hybridized carbons (Fsp3) is 0.500. The fourth-order valence-corrected chi connectivity index (χ4v) is 1.92. The van der Waals surface area contributed by atoms with Gasteiger partial charge in [0.1, 0.15) is 0 Å². The first-order chi connectivity index (χ1) is 7.00. The van der Waals surface area contributed by atoms with E-state index in [9.17, 15) is 4.79 Å². The summed E-state index contributed by atoms with van der Waals surface area (Å²) in [4.78, 5) is 16.0. The normalized spacial score (nSPS) is 11.9. The summed E-state index contributed by atoms with van der Waals surface area (Å²) in [5.41, 5.74) is 1.00. The van der Waals surface area contributed by atoms with Crippen LogP contribution in [0.2, 0.25) is 0 Å². The molecule has 0 unspecified atom stereocenters. The number of thiazole rings is 1. The van der Waals surface area contributed by atoms with Crippen LogP contribution in [0, 0.1) is 5.92 Å². The molecule has 0 N–H and O–H groups in total. The Morgan fingerprint density at radius 1 is 1.40 bits per heavy atom. The van der Waals surface area contributed by atoms with Crippen molar-refractivity contribution in [2.45, 2.75) is 33.6 Å². The van der Waals surface area contributed by atoms with E-state index in [4.69, 9.17) is 0 Å². The molecule has 1 aromatic heterocycles. The number of carbonyl (C=O) groups is 1. The third-order valence-electron chi connectivity index (χ3n) is 1.96. The highest BCUT2D eigenvalue weighted by molar-refractivity contribution is 7.11. The average Bonchev–Trinajstić information content (AvgIpc) is 2.62. The lowest BCUT2D eigenvalue weighted by molar-refractivity contribution is 0.104. The van der Waals surface area contributed by atoms with Crippen LogP contribution < -0.4 is 0 Å². The number of aromatic nitrogens is 1. The Balaban J connectivity index is 2.75. The van der Waals surface area contributed by atoms with Gasteiger partial charge in [-0.05, 0) is 17.9 Å². The summed E-state index contributed by atoms with van der Waals surface area (Å²) in [7, 11) is 0. The molecule has 0 aliphatic rings. The molecular formula is C12H17NOS. The minimum absolute atomic E-state index is 0.0144. The minimum Gasteiger partial charge on any atom is -0.287 e. The second-order valence-corrected chi connectivity index (χ2v) is 5.06. The molecule has 0 radical (unpaired) electrons. The first-order valence-electron chi connectivity index (χ1n) is 5.18. The van der Waals surface area contributed by atoms with Crippen LogP contribution in [0.4, 0.5) is 0 Å². The van der Waals surface area contributed by atoms with Gasteiger partial charge in [0, 0.05) is 5.38 Å². The van der Waals surface area contributed by atoms with Gasteiger partial charge in [-0.1, -0.05) is 33.8 Å². The molecule has 0 bridgehead atoms. The highest BCUT2D eigenvalue weighted by atomic mass is 32.1. The first-order valence-corrected chi connectivity index (χ1v) is 6.06. The highest BCUT2D eigenvalue weighted by Crippen LogP contribution is 2.18. The number of hydrogen-bond acceptors (Lipinski definition) is 3. The van der Waals surface area contributed by atoms with E-state index in [2.05, 4.69) is 18.8 Å². The summed E-state index contributed by atoms with van der Waals surface area (Å²) in [6, 6.07) is 0. The molecule has 0 saturated heterocycles. The maximum atomic E-state index is 11.6. The quantitative estimate of drug-likeness (QED) is 0.576. The third kappa shape index (κ3) is 3.59. The molecule has 2 nitrogen and oxygen atoms in total. The van der Waals surface area contributed by atoms with Gasteiger partial charge in [0.25, 0.3) is 0 Å². The van der Waals surface area contributed by atoms with Crippen molar-refractivity contribution in [2.75, 3.05) is 0 Å². The van der Waals surface area contributed by atoms with Crippen molar-refractivity contribution >= 4 is 17.1 Å². The van der Waals surface area contributed by atoms with Crippen molar-refractivity contribution < 1.29 is 4.79 Å². The van der Waals surface area contributed by atoms with Gasteiger partial charge in [-0.25, -0.2) is 4.98 Å². The summed E-state index contributed by atoms with van der Waals surface area (Å²) in [6.07, 6.45) is 3.52. The Morgan fingerprint density at radius 3 is 2.53 bits per heavy atom. The molecule has 82 valence electrons. The number of ketones is 1. The molecule has 0 aliphatic heterocycles. The number of rotatable bonds is 4. The van der Waals surface area contributed by atoms with Gasteiger partial charge in [-0.3, -0.25) is 4.79 Å². The molecule has 0 fully saturated rings. The molecule has 0 atom stereocenters. The highest BCUT2D eigenvalue weighted by Gasteiger charge is 2.10. The second-order valence-electron chi connectivity index (χ2n) is 4.20. The monoisotopic (exact) mass is 223 g/mol. The Hall–Kier alpha value is -0.960. The zero-order valence-corrected chi connectivity index (χ0v) is 10.5. The van der Waals surface area contributed by atoms with E-state index in [1.54, 1.807) is 6.08 Å². The topological polar surface area (TPSA) is 30.0 Å². The Morgan fingerprint density at radius 2 is 2.07 bits per heavy atom. The number of hydrogen-bond donors (Lipinski definition) is 0. The van der Waals surface area contributed by atoms with Crippen LogP contribution in [0.3, 0.4) is 0 Å². The van der Waals surface area contributed by atoms with Gasteiger partial charge < -0.3 is 0 Å². The van der Waals surface area contributed by atoms with E-state index < -0.39 is 0 Å². The molecule has 1 aromatic rings. The number of nitrogens with zero attached hydrogens (tertiary/aromatic N) is 1. The van der Waals surface area contributed by atoms with E-state index >= 15 is 0 Å². The van der Waals surface area contributed by atoms with E-state index in [1.807, 2.05) is 25.3 Å². The molecular weight excluding hydrogens is 206 g/mol. The van der Waals surface area contributed by atoms with E-state index in [0.717, 1.165) is 5.69 Å². The first kappa shape index (κ1) is 12.1. The largest absolute Gasteiger partial charge is 0.287 e. The lowest BCUT2D eigenvalue weighted by Crippen LogP contribution is -1.96. The number of allylic oxidation sites excluding steroid dienone is 2. The van der Waals surface area contributed by atoms with Crippen molar-refractivity contribution in [3.05, 3.63) is 28.2 Å². The summed E-state index contributed by atoms with van der Waals surface area (Å²) >= 11 is 1.43. The van der Waals surface area contributed by atoms with Gasteiger partial charge in [0.05, 0.1) is 5.69 Å². The van der Waals surface area contributed by atoms with Crippen molar-refractivity contribution in [1.82, 2.24) is 4.98 Å². The Kier molecular flexibility index (Phi) is 4.21. The van der Waals surface area contributed by atoms with Crippen LogP contribution >= 0.6 is 11.3 Å². The molecule has 0 aliphatic carbocycles. The van der Waals surface area contributed by atoms with Crippen LogP contribution in [-0.4, -0.2) is 10.8 Å². The lowest BCUT2D eigenvalue weighted by atomic mass is 10.1. The van der Waals surface area contributed by atoms with E-state index in [1.165, 1.54) is 11.3 Å².